The molecule has 0 saturated carbocycles. The first-order chi connectivity index (χ1) is 9.36. The molecule has 0 N–H and O–H groups in total. The average Bonchev–Trinajstić information content (AvgIpc) is 2.88. The van der Waals surface area contributed by atoms with Crippen LogP contribution in [-0.2, 0) is 13.0 Å². The quantitative estimate of drug-likeness (QED) is 0.712. The fourth-order valence-corrected chi connectivity index (χ4v) is 2.30. The minimum absolute atomic E-state index is 0.900. The lowest BCUT2D eigenvalue weighted by Crippen LogP contribution is -1.99. The Bertz CT molecular complexity index is 674. The van der Waals surface area contributed by atoms with Crippen molar-refractivity contribution in [2.75, 3.05) is 7.11 Å². The lowest BCUT2D eigenvalue weighted by Gasteiger charge is -2.06. The number of ether oxygens (including phenoxy) is 1. The molecule has 1 aromatic carbocycles. The first kappa shape index (κ1) is 11.8. The number of nitrogens with zero attached hydrogens (tertiary/aromatic N) is 2. The van der Waals surface area contributed by atoms with Crippen LogP contribution in [-0.4, -0.2) is 16.7 Å². The lowest BCUT2D eigenvalue weighted by molar-refractivity contribution is 0.415. The number of methoxy groups -OCH3 is 1. The predicted octanol–water partition coefficient (Wildman–Crippen LogP) is 3.29. The van der Waals surface area contributed by atoms with E-state index in [9.17, 15) is 0 Å². The van der Waals surface area contributed by atoms with Crippen molar-refractivity contribution in [2.45, 2.75) is 13.0 Å². The molecule has 0 amide bonds. The van der Waals surface area contributed by atoms with E-state index in [1.54, 1.807) is 13.3 Å². The zero-order valence-electron chi connectivity index (χ0n) is 10.9. The van der Waals surface area contributed by atoms with Crippen LogP contribution in [0.25, 0.3) is 10.9 Å². The fraction of sp³-hybridized carbons (Fsp3) is 0.188. The van der Waals surface area contributed by atoms with Gasteiger partial charge in [0.1, 0.15) is 5.75 Å². The largest absolute Gasteiger partial charge is 0.497 e. The second-order valence-electron chi connectivity index (χ2n) is 4.55. The normalized spacial score (nSPS) is 10.8. The van der Waals surface area contributed by atoms with Crippen molar-refractivity contribution in [2.24, 2.45) is 0 Å². The summed E-state index contributed by atoms with van der Waals surface area (Å²) in [6.07, 6.45) is 6.85. The molecular formula is C16H16N2O. The summed E-state index contributed by atoms with van der Waals surface area (Å²) in [4.78, 5) is 4.14. The smallest absolute Gasteiger partial charge is 0.119 e. The number of aryl methyl sites for hydroxylation is 2. The third kappa shape index (κ3) is 2.45. The van der Waals surface area contributed by atoms with E-state index in [2.05, 4.69) is 40.0 Å². The summed E-state index contributed by atoms with van der Waals surface area (Å²) < 4.78 is 7.51. The highest BCUT2D eigenvalue weighted by atomic mass is 16.5. The number of benzene rings is 1. The Hall–Kier alpha value is -2.29. The van der Waals surface area contributed by atoms with Crippen molar-refractivity contribution in [3.8, 4) is 5.75 Å². The summed E-state index contributed by atoms with van der Waals surface area (Å²) in [6.45, 7) is 0.960. The molecule has 3 aromatic rings. The van der Waals surface area contributed by atoms with Gasteiger partial charge in [-0.15, -0.1) is 0 Å². The van der Waals surface area contributed by atoms with Crippen LogP contribution in [0.3, 0.4) is 0 Å². The second kappa shape index (κ2) is 5.14. The fourth-order valence-electron chi connectivity index (χ4n) is 2.30. The molecule has 0 radical (unpaired) electrons. The number of aromatic nitrogens is 2. The van der Waals surface area contributed by atoms with E-state index in [-0.39, 0.29) is 0 Å². The zero-order valence-corrected chi connectivity index (χ0v) is 10.9. The number of pyridine rings is 1. The van der Waals surface area contributed by atoms with Crippen LogP contribution >= 0.6 is 0 Å². The van der Waals surface area contributed by atoms with Crippen LogP contribution in [0.4, 0.5) is 0 Å². The van der Waals surface area contributed by atoms with Crippen LogP contribution in [0.5, 0.6) is 5.75 Å². The molecule has 2 heterocycles. The Morgan fingerprint density at radius 2 is 2.16 bits per heavy atom. The summed E-state index contributed by atoms with van der Waals surface area (Å²) in [7, 11) is 1.70. The molecule has 0 spiro atoms. The SMILES string of the molecule is COc1ccc2c(ccn2CCc2cccnc2)c1. The number of hydrogen-bond donors (Lipinski definition) is 0. The predicted molar refractivity (Wildman–Crippen MR) is 76.4 cm³/mol. The molecule has 0 unspecified atom stereocenters. The third-order valence-corrected chi connectivity index (χ3v) is 3.34. The van der Waals surface area contributed by atoms with Gasteiger partial charge < -0.3 is 9.30 Å². The van der Waals surface area contributed by atoms with Gasteiger partial charge in [0.2, 0.25) is 0 Å². The van der Waals surface area contributed by atoms with Gasteiger partial charge in [-0.1, -0.05) is 6.07 Å². The van der Waals surface area contributed by atoms with Gasteiger partial charge in [-0.2, -0.15) is 0 Å². The summed E-state index contributed by atoms with van der Waals surface area (Å²) in [5.41, 5.74) is 2.50. The molecule has 0 saturated heterocycles. The second-order valence-corrected chi connectivity index (χ2v) is 4.55. The van der Waals surface area contributed by atoms with Gasteiger partial charge in [0.25, 0.3) is 0 Å². The highest BCUT2D eigenvalue weighted by Gasteiger charge is 2.02. The van der Waals surface area contributed by atoms with Gasteiger partial charge in [0, 0.05) is 36.0 Å². The lowest BCUT2D eigenvalue weighted by atomic mass is 10.2. The Labute approximate surface area is 112 Å². The Morgan fingerprint density at radius 3 is 2.95 bits per heavy atom. The van der Waals surface area contributed by atoms with Gasteiger partial charge in [-0.3, -0.25) is 4.98 Å². The molecule has 3 heteroatoms. The number of rotatable bonds is 4. The summed E-state index contributed by atoms with van der Waals surface area (Å²) in [6, 6.07) is 12.4. The van der Waals surface area contributed by atoms with Gasteiger partial charge >= 0.3 is 0 Å². The minimum Gasteiger partial charge on any atom is -0.497 e. The maximum absolute atomic E-state index is 5.24. The zero-order chi connectivity index (χ0) is 13.1. The highest BCUT2D eigenvalue weighted by Crippen LogP contribution is 2.22. The van der Waals surface area contributed by atoms with E-state index in [0.29, 0.717) is 0 Å². The highest BCUT2D eigenvalue weighted by molar-refractivity contribution is 5.81. The van der Waals surface area contributed by atoms with Crippen molar-refractivity contribution in [3.05, 3.63) is 60.6 Å². The van der Waals surface area contributed by atoms with E-state index in [1.165, 1.54) is 16.5 Å². The van der Waals surface area contributed by atoms with Crippen molar-refractivity contribution in [1.29, 1.82) is 0 Å². The Balaban J connectivity index is 1.82. The molecular weight excluding hydrogens is 236 g/mol. The van der Waals surface area contributed by atoms with E-state index in [4.69, 9.17) is 4.74 Å². The number of fused-ring (bicyclic) bond motifs is 1. The van der Waals surface area contributed by atoms with Gasteiger partial charge in [-0.05, 0) is 42.3 Å². The molecule has 0 aliphatic heterocycles. The molecule has 19 heavy (non-hydrogen) atoms. The van der Waals surface area contributed by atoms with E-state index < -0.39 is 0 Å². The monoisotopic (exact) mass is 252 g/mol. The molecule has 3 nitrogen and oxygen atoms in total. The van der Waals surface area contributed by atoms with Crippen molar-refractivity contribution < 1.29 is 4.74 Å². The molecule has 3 rings (SSSR count). The maximum atomic E-state index is 5.24. The molecule has 96 valence electrons. The molecule has 0 aliphatic carbocycles. The standard InChI is InChI=1S/C16H16N2O/c1-19-15-4-5-16-14(11-15)7-10-18(16)9-6-13-3-2-8-17-12-13/h2-5,7-8,10-12H,6,9H2,1H3. The van der Waals surface area contributed by atoms with Gasteiger partial charge in [0.05, 0.1) is 7.11 Å². The summed E-state index contributed by atoms with van der Waals surface area (Å²) in [5, 5.41) is 1.21. The first-order valence-corrected chi connectivity index (χ1v) is 6.38. The van der Waals surface area contributed by atoms with Gasteiger partial charge in [0.15, 0.2) is 0 Å². The average molecular weight is 252 g/mol. The molecule has 0 bridgehead atoms. The third-order valence-electron chi connectivity index (χ3n) is 3.34. The van der Waals surface area contributed by atoms with Crippen LogP contribution in [0.2, 0.25) is 0 Å². The topological polar surface area (TPSA) is 27.1 Å². The van der Waals surface area contributed by atoms with Crippen LogP contribution < -0.4 is 4.74 Å². The van der Waals surface area contributed by atoms with Gasteiger partial charge in [-0.25, -0.2) is 0 Å². The molecule has 2 aromatic heterocycles. The van der Waals surface area contributed by atoms with Crippen LogP contribution in [0.1, 0.15) is 5.56 Å². The van der Waals surface area contributed by atoms with Crippen molar-refractivity contribution in [1.82, 2.24) is 9.55 Å². The summed E-state index contributed by atoms with van der Waals surface area (Å²) in [5.74, 6) is 0.900. The first-order valence-electron chi connectivity index (χ1n) is 6.38. The van der Waals surface area contributed by atoms with Crippen LogP contribution in [0.15, 0.2) is 55.0 Å². The minimum atomic E-state index is 0.900. The Morgan fingerprint density at radius 1 is 1.21 bits per heavy atom. The maximum Gasteiger partial charge on any atom is 0.119 e. The number of hydrogen-bond acceptors (Lipinski definition) is 2. The van der Waals surface area contributed by atoms with E-state index in [0.717, 1.165) is 18.7 Å². The van der Waals surface area contributed by atoms with Crippen LogP contribution in [0, 0.1) is 0 Å². The van der Waals surface area contributed by atoms with E-state index >= 15 is 0 Å². The Kier molecular flexibility index (Phi) is 3.19. The van der Waals surface area contributed by atoms with E-state index in [1.807, 2.05) is 18.3 Å². The molecule has 0 fully saturated rings. The van der Waals surface area contributed by atoms with Crippen molar-refractivity contribution in [3.63, 3.8) is 0 Å². The van der Waals surface area contributed by atoms with Crippen molar-refractivity contribution >= 4 is 10.9 Å². The molecule has 0 aliphatic rings. The summed E-state index contributed by atoms with van der Waals surface area (Å²) >= 11 is 0. The molecule has 0 atom stereocenters.